The van der Waals surface area contributed by atoms with Gasteiger partial charge in [0.15, 0.2) is 17.1 Å². The van der Waals surface area contributed by atoms with Crippen LogP contribution in [0.5, 0.6) is 5.75 Å². The van der Waals surface area contributed by atoms with Crippen molar-refractivity contribution >= 4 is 16.9 Å². The van der Waals surface area contributed by atoms with Gasteiger partial charge in [-0.25, -0.2) is 0 Å². The molecular formula is C18H19NO5. The third-order valence-electron chi connectivity index (χ3n) is 3.78. The monoisotopic (exact) mass is 329 g/mol. The first-order valence-corrected chi connectivity index (χ1v) is 7.67. The molecule has 126 valence electrons. The Bertz CT molecular complexity index is 821. The summed E-state index contributed by atoms with van der Waals surface area (Å²) in [6.45, 7) is 1.81. The normalized spacial score (nSPS) is 13.6. The predicted octanol–water partition coefficient (Wildman–Crippen LogP) is 3.28. The van der Waals surface area contributed by atoms with Gasteiger partial charge in [-0.3, -0.25) is 4.79 Å². The van der Waals surface area contributed by atoms with Crippen molar-refractivity contribution in [2.75, 3.05) is 7.11 Å². The number of carbonyl (C=O) groups is 1. The standard InChI is InChI=1S/C18H19NO5/c1-11(9-13(20)14-7-4-8-23-14)19-18(21)16-10-12-5-3-6-15(22-2)17(12)24-16/h3-8,10-11,13,20H,9H2,1-2H3,(H,19,21). The van der Waals surface area contributed by atoms with Crippen molar-refractivity contribution in [1.29, 1.82) is 0 Å². The maximum atomic E-state index is 12.3. The number of methoxy groups -OCH3 is 1. The van der Waals surface area contributed by atoms with Crippen LogP contribution in [0.1, 0.15) is 35.8 Å². The zero-order valence-corrected chi connectivity index (χ0v) is 13.5. The van der Waals surface area contributed by atoms with Crippen LogP contribution in [0.4, 0.5) is 0 Å². The third-order valence-corrected chi connectivity index (χ3v) is 3.78. The number of rotatable bonds is 6. The largest absolute Gasteiger partial charge is 0.493 e. The summed E-state index contributed by atoms with van der Waals surface area (Å²) < 4.78 is 16.0. The van der Waals surface area contributed by atoms with Crippen LogP contribution in [0.3, 0.4) is 0 Å². The average molecular weight is 329 g/mol. The molecular weight excluding hydrogens is 310 g/mol. The zero-order valence-electron chi connectivity index (χ0n) is 13.5. The van der Waals surface area contributed by atoms with E-state index >= 15 is 0 Å². The van der Waals surface area contributed by atoms with Gasteiger partial charge in [-0.1, -0.05) is 12.1 Å². The van der Waals surface area contributed by atoms with Gasteiger partial charge in [0, 0.05) is 17.8 Å². The molecule has 1 amide bonds. The molecule has 1 aromatic carbocycles. The van der Waals surface area contributed by atoms with E-state index in [1.165, 1.54) is 6.26 Å². The molecule has 0 aliphatic carbocycles. The van der Waals surface area contributed by atoms with Gasteiger partial charge < -0.3 is 24.0 Å². The number of carbonyl (C=O) groups excluding carboxylic acids is 1. The SMILES string of the molecule is COc1cccc2cc(C(=O)NC(C)CC(O)c3ccco3)oc12. The Morgan fingerprint density at radius 1 is 1.33 bits per heavy atom. The van der Waals surface area contributed by atoms with E-state index < -0.39 is 6.10 Å². The van der Waals surface area contributed by atoms with Gasteiger partial charge in [0.25, 0.3) is 5.91 Å². The fraction of sp³-hybridized carbons (Fsp3) is 0.278. The number of benzene rings is 1. The fourth-order valence-electron chi connectivity index (χ4n) is 2.59. The molecule has 6 nitrogen and oxygen atoms in total. The first kappa shape index (κ1) is 16.1. The fourth-order valence-corrected chi connectivity index (χ4v) is 2.59. The van der Waals surface area contributed by atoms with E-state index in [1.54, 1.807) is 31.4 Å². The van der Waals surface area contributed by atoms with Crippen molar-refractivity contribution in [3.05, 3.63) is 54.2 Å². The Morgan fingerprint density at radius 3 is 2.88 bits per heavy atom. The van der Waals surface area contributed by atoms with Gasteiger partial charge >= 0.3 is 0 Å². The molecule has 2 N–H and O–H groups in total. The van der Waals surface area contributed by atoms with Crippen LogP contribution in [-0.2, 0) is 0 Å². The van der Waals surface area contributed by atoms with Crippen LogP contribution in [0.2, 0.25) is 0 Å². The molecule has 2 heterocycles. The van der Waals surface area contributed by atoms with Gasteiger partial charge in [0.2, 0.25) is 0 Å². The molecule has 0 spiro atoms. The summed E-state index contributed by atoms with van der Waals surface area (Å²) in [4.78, 5) is 12.3. The Kier molecular flexibility index (Phi) is 4.57. The second kappa shape index (κ2) is 6.80. The molecule has 0 aliphatic rings. The quantitative estimate of drug-likeness (QED) is 0.725. The number of aliphatic hydroxyl groups excluding tert-OH is 1. The lowest BCUT2D eigenvalue weighted by Crippen LogP contribution is -2.33. The molecule has 3 aromatic rings. The van der Waals surface area contributed by atoms with E-state index in [0.717, 1.165) is 5.39 Å². The number of hydrogen-bond acceptors (Lipinski definition) is 5. The van der Waals surface area contributed by atoms with E-state index in [2.05, 4.69) is 5.32 Å². The number of ether oxygens (including phenoxy) is 1. The molecule has 2 atom stereocenters. The predicted molar refractivity (Wildman–Crippen MR) is 88.0 cm³/mol. The van der Waals surface area contributed by atoms with E-state index in [9.17, 15) is 9.90 Å². The van der Waals surface area contributed by atoms with Crippen molar-refractivity contribution in [2.24, 2.45) is 0 Å². The second-order valence-electron chi connectivity index (χ2n) is 5.63. The first-order chi connectivity index (χ1) is 11.6. The second-order valence-corrected chi connectivity index (χ2v) is 5.63. The minimum absolute atomic E-state index is 0.203. The highest BCUT2D eigenvalue weighted by atomic mass is 16.5. The highest BCUT2D eigenvalue weighted by Crippen LogP contribution is 2.28. The number of nitrogens with one attached hydrogen (secondary N) is 1. The van der Waals surface area contributed by atoms with Gasteiger partial charge in [0.1, 0.15) is 11.9 Å². The van der Waals surface area contributed by atoms with Crippen LogP contribution >= 0.6 is 0 Å². The third kappa shape index (κ3) is 3.28. The summed E-state index contributed by atoms with van der Waals surface area (Å²) in [5.74, 6) is 0.915. The summed E-state index contributed by atoms with van der Waals surface area (Å²) in [7, 11) is 1.55. The summed E-state index contributed by atoms with van der Waals surface area (Å²) in [6, 6.07) is 10.3. The van der Waals surface area contributed by atoms with Crippen LogP contribution in [-0.4, -0.2) is 24.2 Å². The Labute approximate surface area is 139 Å². The number of aliphatic hydroxyl groups is 1. The molecule has 0 bridgehead atoms. The van der Waals surface area contributed by atoms with Crippen molar-refractivity contribution in [3.8, 4) is 5.75 Å². The van der Waals surface area contributed by atoms with Crippen LogP contribution < -0.4 is 10.1 Å². The highest BCUT2D eigenvalue weighted by molar-refractivity contribution is 5.97. The maximum absolute atomic E-state index is 12.3. The van der Waals surface area contributed by atoms with Crippen molar-refractivity contribution in [1.82, 2.24) is 5.32 Å². The van der Waals surface area contributed by atoms with E-state index in [1.807, 2.05) is 19.1 Å². The summed E-state index contributed by atoms with van der Waals surface area (Å²) in [5, 5.41) is 13.7. The maximum Gasteiger partial charge on any atom is 0.287 e. The zero-order chi connectivity index (χ0) is 17.1. The number of furan rings is 2. The number of amides is 1. The van der Waals surface area contributed by atoms with Gasteiger partial charge in [-0.15, -0.1) is 0 Å². The molecule has 24 heavy (non-hydrogen) atoms. The van der Waals surface area contributed by atoms with Gasteiger partial charge in [-0.2, -0.15) is 0 Å². The number of fused-ring (bicyclic) bond motifs is 1. The van der Waals surface area contributed by atoms with Crippen molar-refractivity contribution in [3.63, 3.8) is 0 Å². The summed E-state index contributed by atoms with van der Waals surface area (Å²) in [6.07, 6.45) is 1.07. The Morgan fingerprint density at radius 2 is 2.17 bits per heavy atom. The van der Waals surface area contributed by atoms with E-state index in [4.69, 9.17) is 13.6 Å². The van der Waals surface area contributed by atoms with Gasteiger partial charge in [0.05, 0.1) is 13.4 Å². The van der Waals surface area contributed by atoms with Crippen molar-refractivity contribution in [2.45, 2.75) is 25.5 Å². The van der Waals surface area contributed by atoms with E-state index in [0.29, 0.717) is 23.5 Å². The molecule has 2 unspecified atom stereocenters. The van der Waals surface area contributed by atoms with E-state index in [-0.39, 0.29) is 17.7 Å². The molecule has 0 radical (unpaired) electrons. The Hall–Kier alpha value is -2.73. The van der Waals surface area contributed by atoms with Crippen LogP contribution in [0.15, 0.2) is 51.5 Å². The number of hydrogen-bond donors (Lipinski definition) is 2. The molecule has 0 saturated carbocycles. The van der Waals surface area contributed by atoms with Gasteiger partial charge in [-0.05, 0) is 31.2 Å². The lowest BCUT2D eigenvalue weighted by atomic mass is 10.1. The topological polar surface area (TPSA) is 84.8 Å². The molecule has 0 saturated heterocycles. The lowest BCUT2D eigenvalue weighted by molar-refractivity contribution is 0.0878. The molecule has 2 aromatic heterocycles. The van der Waals surface area contributed by atoms with Crippen LogP contribution in [0, 0.1) is 0 Å². The number of para-hydroxylation sites is 1. The molecule has 3 rings (SSSR count). The molecule has 0 fully saturated rings. The minimum atomic E-state index is -0.772. The molecule has 6 heteroatoms. The summed E-state index contributed by atoms with van der Waals surface area (Å²) in [5.41, 5.74) is 0.536. The lowest BCUT2D eigenvalue weighted by Gasteiger charge is -2.15. The molecule has 0 aliphatic heterocycles. The minimum Gasteiger partial charge on any atom is -0.493 e. The summed E-state index contributed by atoms with van der Waals surface area (Å²) >= 11 is 0. The average Bonchev–Trinajstić information content (AvgIpc) is 3.23. The Balaban J connectivity index is 1.68. The van der Waals surface area contributed by atoms with Crippen LogP contribution in [0.25, 0.3) is 11.0 Å². The first-order valence-electron chi connectivity index (χ1n) is 7.67. The highest BCUT2D eigenvalue weighted by Gasteiger charge is 2.19. The van der Waals surface area contributed by atoms with Crippen molar-refractivity contribution < 1.29 is 23.5 Å². The smallest absolute Gasteiger partial charge is 0.287 e.